The number of aromatic amines is 1. The molecule has 0 radical (unpaired) electrons. The smallest absolute Gasteiger partial charge is 0.271 e. The van der Waals surface area contributed by atoms with Crippen molar-refractivity contribution in [1.82, 2.24) is 25.5 Å². The first-order chi connectivity index (χ1) is 7.27. The Kier molecular flexibility index (Phi) is 2.72. The Bertz CT molecular complexity index is 424. The van der Waals surface area contributed by atoms with Crippen LogP contribution in [-0.4, -0.2) is 26.1 Å². The molecule has 1 unspecified atom stereocenters. The predicted molar refractivity (Wildman–Crippen MR) is 54.4 cm³/mol. The molecule has 0 aromatic carbocycles. The first-order valence-electron chi connectivity index (χ1n) is 4.31. The van der Waals surface area contributed by atoms with Crippen molar-refractivity contribution >= 4 is 17.2 Å². The SMILES string of the molecule is CC(NC(=O)c1cscn1)c1ncn[nH]1. The molecule has 1 atom stereocenters. The van der Waals surface area contributed by atoms with Crippen LogP contribution < -0.4 is 5.32 Å². The number of hydrogen-bond donors (Lipinski definition) is 2. The standard InChI is InChI=1S/C8H9N5OS/c1-5(7-9-3-11-13-7)12-8(14)6-2-15-4-10-6/h2-5H,1H3,(H,12,14)(H,9,11,13). The minimum atomic E-state index is -0.208. The van der Waals surface area contributed by atoms with Crippen molar-refractivity contribution in [3.05, 3.63) is 28.7 Å². The highest BCUT2D eigenvalue weighted by Gasteiger charge is 2.14. The zero-order valence-electron chi connectivity index (χ0n) is 7.97. The van der Waals surface area contributed by atoms with Crippen LogP contribution in [0.1, 0.15) is 29.3 Å². The van der Waals surface area contributed by atoms with E-state index in [0.29, 0.717) is 11.5 Å². The fourth-order valence-corrected chi connectivity index (χ4v) is 1.62. The van der Waals surface area contributed by atoms with Crippen LogP contribution in [0.2, 0.25) is 0 Å². The zero-order chi connectivity index (χ0) is 10.7. The van der Waals surface area contributed by atoms with E-state index in [1.54, 1.807) is 10.9 Å². The van der Waals surface area contributed by atoms with E-state index in [4.69, 9.17) is 0 Å². The largest absolute Gasteiger partial charge is 0.341 e. The van der Waals surface area contributed by atoms with E-state index in [9.17, 15) is 4.79 Å². The van der Waals surface area contributed by atoms with Crippen LogP contribution >= 0.6 is 11.3 Å². The van der Waals surface area contributed by atoms with Crippen LogP contribution in [0, 0.1) is 0 Å². The number of carbonyl (C=O) groups is 1. The molecule has 1 amide bonds. The number of aromatic nitrogens is 4. The maximum atomic E-state index is 11.6. The van der Waals surface area contributed by atoms with Crippen molar-refractivity contribution in [2.45, 2.75) is 13.0 Å². The van der Waals surface area contributed by atoms with E-state index < -0.39 is 0 Å². The second-order valence-electron chi connectivity index (χ2n) is 2.94. The molecule has 78 valence electrons. The molecule has 2 N–H and O–H groups in total. The second kappa shape index (κ2) is 4.18. The third-order valence-corrected chi connectivity index (χ3v) is 2.44. The quantitative estimate of drug-likeness (QED) is 0.804. The summed E-state index contributed by atoms with van der Waals surface area (Å²) in [6, 6.07) is -0.207. The monoisotopic (exact) mass is 223 g/mol. The van der Waals surface area contributed by atoms with Gasteiger partial charge in [0.15, 0.2) is 0 Å². The number of amides is 1. The lowest BCUT2D eigenvalue weighted by Gasteiger charge is -2.08. The van der Waals surface area contributed by atoms with Gasteiger partial charge in [0.2, 0.25) is 0 Å². The van der Waals surface area contributed by atoms with E-state index in [0.717, 1.165) is 0 Å². The van der Waals surface area contributed by atoms with Gasteiger partial charge in [0.05, 0.1) is 11.6 Å². The Morgan fingerprint density at radius 3 is 3.07 bits per heavy atom. The molecule has 6 nitrogen and oxygen atoms in total. The van der Waals surface area contributed by atoms with Crippen molar-refractivity contribution in [3.8, 4) is 0 Å². The maximum Gasteiger partial charge on any atom is 0.271 e. The molecule has 15 heavy (non-hydrogen) atoms. The van der Waals surface area contributed by atoms with E-state index in [2.05, 4.69) is 25.5 Å². The zero-order valence-corrected chi connectivity index (χ0v) is 8.78. The molecule has 2 aromatic heterocycles. The molecule has 7 heteroatoms. The number of carbonyl (C=O) groups excluding carboxylic acids is 1. The Balaban J connectivity index is 2.01. The molecular formula is C8H9N5OS. The lowest BCUT2D eigenvalue weighted by atomic mass is 10.3. The van der Waals surface area contributed by atoms with E-state index >= 15 is 0 Å². The Hall–Kier alpha value is -1.76. The molecule has 0 spiro atoms. The van der Waals surface area contributed by atoms with E-state index in [1.807, 2.05) is 6.92 Å². The summed E-state index contributed by atoms with van der Waals surface area (Å²) in [6.07, 6.45) is 1.40. The number of nitrogens with one attached hydrogen (secondary N) is 2. The highest BCUT2D eigenvalue weighted by atomic mass is 32.1. The predicted octanol–water partition coefficient (Wildman–Crippen LogP) is 0.752. The van der Waals surface area contributed by atoms with Gasteiger partial charge < -0.3 is 5.32 Å². The fraction of sp³-hybridized carbons (Fsp3) is 0.250. The molecule has 0 saturated carbocycles. The van der Waals surface area contributed by atoms with Crippen LogP contribution in [0.3, 0.4) is 0 Å². The average Bonchev–Trinajstić information content (AvgIpc) is 2.91. The highest BCUT2D eigenvalue weighted by Crippen LogP contribution is 2.07. The molecule has 0 saturated heterocycles. The molecular weight excluding hydrogens is 214 g/mol. The third-order valence-electron chi connectivity index (χ3n) is 1.86. The lowest BCUT2D eigenvalue weighted by molar-refractivity contribution is 0.0934. The van der Waals surface area contributed by atoms with Crippen LogP contribution in [0.5, 0.6) is 0 Å². The Morgan fingerprint density at radius 2 is 2.47 bits per heavy atom. The van der Waals surface area contributed by atoms with Crippen molar-refractivity contribution in [2.75, 3.05) is 0 Å². The van der Waals surface area contributed by atoms with Gasteiger partial charge in [-0.05, 0) is 6.92 Å². The third kappa shape index (κ3) is 2.18. The van der Waals surface area contributed by atoms with Gasteiger partial charge in [-0.15, -0.1) is 11.3 Å². The number of nitrogens with zero attached hydrogens (tertiary/aromatic N) is 3. The molecule has 0 aliphatic rings. The van der Waals surface area contributed by atoms with E-state index in [1.165, 1.54) is 17.7 Å². The fourth-order valence-electron chi connectivity index (χ4n) is 1.09. The molecule has 2 rings (SSSR count). The van der Waals surface area contributed by atoms with Gasteiger partial charge in [-0.25, -0.2) is 9.97 Å². The molecule has 0 aliphatic carbocycles. The van der Waals surface area contributed by atoms with Gasteiger partial charge in [-0.1, -0.05) is 0 Å². The van der Waals surface area contributed by atoms with Crippen LogP contribution in [0.15, 0.2) is 17.2 Å². The summed E-state index contributed by atoms with van der Waals surface area (Å²) in [4.78, 5) is 19.4. The van der Waals surface area contributed by atoms with Gasteiger partial charge in [0.1, 0.15) is 17.8 Å². The first-order valence-corrected chi connectivity index (χ1v) is 5.26. The minimum absolute atomic E-state index is 0.207. The summed E-state index contributed by atoms with van der Waals surface area (Å²) in [5.74, 6) is 0.415. The van der Waals surface area contributed by atoms with Gasteiger partial charge in [-0.2, -0.15) is 5.10 Å². The summed E-state index contributed by atoms with van der Waals surface area (Å²) in [7, 11) is 0. The topological polar surface area (TPSA) is 83.6 Å². The molecule has 2 aromatic rings. The normalized spacial score (nSPS) is 12.3. The average molecular weight is 223 g/mol. The van der Waals surface area contributed by atoms with E-state index in [-0.39, 0.29) is 11.9 Å². The second-order valence-corrected chi connectivity index (χ2v) is 3.66. The molecule has 2 heterocycles. The molecule has 0 fully saturated rings. The minimum Gasteiger partial charge on any atom is -0.341 e. The number of rotatable bonds is 3. The molecule has 0 bridgehead atoms. The number of thiazole rings is 1. The van der Waals surface area contributed by atoms with Gasteiger partial charge in [-0.3, -0.25) is 9.89 Å². The summed E-state index contributed by atoms with van der Waals surface area (Å²) in [5, 5.41) is 10.9. The molecule has 0 aliphatic heterocycles. The Labute approximate surface area is 89.8 Å². The number of hydrogen-bond acceptors (Lipinski definition) is 5. The van der Waals surface area contributed by atoms with Gasteiger partial charge >= 0.3 is 0 Å². The van der Waals surface area contributed by atoms with Gasteiger partial charge in [0.25, 0.3) is 5.91 Å². The maximum absolute atomic E-state index is 11.6. The van der Waals surface area contributed by atoms with Crippen LogP contribution in [-0.2, 0) is 0 Å². The van der Waals surface area contributed by atoms with Crippen molar-refractivity contribution < 1.29 is 4.79 Å². The van der Waals surface area contributed by atoms with Crippen molar-refractivity contribution in [1.29, 1.82) is 0 Å². The van der Waals surface area contributed by atoms with Crippen LogP contribution in [0.4, 0.5) is 0 Å². The highest BCUT2D eigenvalue weighted by molar-refractivity contribution is 7.07. The first kappa shape index (κ1) is 9.78. The van der Waals surface area contributed by atoms with Gasteiger partial charge in [0, 0.05) is 5.38 Å². The summed E-state index contributed by atoms with van der Waals surface area (Å²) in [6.45, 7) is 1.82. The van der Waals surface area contributed by atoms with Crippen molar-refractivity contribution in [3.63, 3.8) is 0 Å². The summed E-state index contributed by atoms with van der Waals surface area (Å²) >= 11 is 1.38. The van der Waals surface area contributed by atoms with Crippen LogP contribution in [0.25, 0.3) is 0 Å². The van der Waals surface area contributed by atoms with Crippen molar-refractivity contribution in [2.24, 2.45) is 0 Å². The Morgan fingerprint density at radius 1 is 1.60 bits per heavy atom. The summed E-state index contributed by atoms with van der Waals surface area (Å²) < 4.78 is 0. The number of H-pyrrole nitrogens is 1. The summed E-state index contributed by atoms with van der Waals surface area (Å²) in [5.41, 5.74) is 2.04. The lowest BCUT2D eigenvalue weighted by Crippen LogP contribution is -2.27.